The lowest BCUT2D eigenvalue weighted by molar-refractivity contribution is 1.19. The number of hydrogen-bond donors (Lipinski definition) is 2. The van der Waals surface area contributed by atoms with Gasteiger partial charge >= 0.3 is 0 Å². The number of aromatic amines is 2. The van der Waals surface area contributed by atoms with Crippen molar-refractivity contribution in [2.75, 3.05) is 0 Å². The van der Waals surface area contributed by atoms with E-state index in [1.807, 2.05) is 50.2 Å². The molecule has 0 atom stereocenters. The van der Waals surface area contributed by atoms with Crippen molar-refractivity contribution in [3.8, 4) is 34.7 Å². The van der Waals surface area contributed by atoms with Crippen LogP contribution in [0.3, 0.4) is 0 Å². The zero-order valence-electron chi connectivity index (χ0n) is 16.5. The third kappa shape index (κ3) is 4.16. The van der Waals surface area contributed by atoms with Crippen LogP contribution in [0, 0.1) is 36.5 Å². The summed E-state index contributed by atoms with van der Waals surface area (Å²) >= 11 is 0. The van der Waals surface area contributed by atoms with Crippen LogP contribution in [-0.2, 0) is 0 Å². The van der Waals surface area contributed by atoms with Crippen LogP contribution < -0.4 is 0 Å². The molecule has 2 N–H and O–H groups in total. The number of nitrogens with zero attached hydrogens (tertiary/aromatic N) is 2. The van der Waals surface area contributed by atoms with Crippen LogP contribution in [0.5, 0.6) is 0 Å². The third-order valence-electron chi connectivity index (χ3n) is 4.74. The van der Waals surface area contributed by atoms with Gasteiger partial charge in [-0.2, -0.15) is 10.5 Å². The summed E-state index contributed by atoms with van der Waals surface area (Å²) < 4.78 is 0. The maximum atomic E-state index is 9.54. The number of rotatable bonds is 5. The zero-order valence-corrected chi connectivity index (χ0v) is 18.1. The van der Waals surface area contributed by atoms with E-state index in [9.17, 15) is 10.5 Å². The van der Waals surface area contributed by atoms with Crippen LogP contribution in [-0.4, -0.2) is 9.97 Å². The van der Waals surface area contributed by atoms with Crippen molar-refractivity contribution >= 4 is 21.6 Å². The Morgan fingerprint density at radius 2 is 1.00 bits per heavy atom. The molecule has 4 rings (SSSR count). The van der Waals surface area contributed by atoms with Gasteiger partial charge in [0.05, 0.1) is 11.1 Å². The van der Waals surface area contributed by atoms with Gasteiger partial charge in [-0.3, -0.25) is 0 Å². The second-order valence-corrected chi connectivity index (χ2v) is 9.12. The molecule has 0 amide bonds. The maximum Gasteiger partial charge on any atom is 0.102 e. The van der Waals surface area contributed by atoms with E-state index >= 15 is 0 Å². The highest BCUT2D eigenvalue weighted by Gasteiger charge is 2.15. The van der Waals surface area contributed by atoms with E-state index in [1.54, 1.807) is 0 Å². The fourth-order valence-corrected chi connectivity index (χ4v) is 5.18. The third-order valence-corrected chi connectivity index (χ3v) is 7.05. The fraction of sp³-hybridized carbons (Fsp3) is 0.0833. The van der Waals surface area contributed by atoms with Gasteiger partial charge in [0.1, 0.15) is 22.2 Å². The van der Waals surface area contributed by atoms with Crippen molar-refractivity contribution in [3.63, 3.8) is 0 Å². The van der Waals surface area contributed by atoms with Crippen LogP contribution in [0.4, 0.5) is 0 Å². The van der Waals surface area contributed by atoms with Crippen LogP contribution >= 0.6 is 21.6 Å². The molecule has 30 heavy (non-hydrogen) atoms. The van der Waals surface area contributed by atoms with E-state index in [1.165, 1.54) is 32.7 Å². The number of nitrogens with one attached hydrogen (secondary N) is 2. The monoisotopic (exact) mass is 426 g/mol. The Balaban J connectivity index is 1.57. The molecule has 2 aromatic carbocycles. The lowest BCUT2D eigenvalue weighted by Crippen LogP contribution is -1.79. The second kappa shape index (κ2) is 8.59. The van der Waals surface area contributed by atoms with E-state index in [0.29, 0.717) is 11.1 Å². The van der Waals surface area contributed by atoms with Crippen LogP contribution in [0.2, 0.25) is 0 Å². The standard InChI is InChI=1S/C24H18N4S2/c1-15-3-7-17(8-4-15)21-11-19(13-25)23(27-21)29-30-24-20(14-26)12-22(28-24)18-9-5-16(2)6-10-18/h3-12,27-28H,1-2H3. The van der Waals surface area contributed by atoms with Crippen LogP contribution in [0.25, 0.3) is 22.5 Å². The Morgan fingerprint density at radius 1 is 0.633 bits per heavy atom. The Kier molecular flexibility index (Phi) is 5.72. The highest BCUT2D eigenvalue weighted by molar-refractivity contribution is 8.76. The minimum absolute atomic E-state index is 0.590. The lowest BCUT2D eigenvalue weighted by Gasteiger charge is -2.01. The first-order chi connectivity index (χ1) is 14.6. The molecule has 4 nitrogen and oxygen atoms in total. The van der Waals surface area contributed by atoms with Crippen molar-refractivity contribution in [2.24, 2.45) is 0 Å². The number of aromatic nitrogens is 2. The Hall–Kier alpha value is -3.32. The van der Waals surface area contributed by atoms with E-state index in [-0.39, 0.29) is 0 Å². The van der Waals surface area contributed by atoms with Gasteiger partial charge in [0, 0.05) is 11.4 Å². The average molecular weight is 427 g/mol. The molecule has 2 aromatic heterocycles. The predicted octanol–water partition coefficient (Wildman–Crippen LogP) is 6.84. The fourth-order valence-electron chi connectivity index (χ4n) is 3.03. The molecular weight excluding hydrogens is 408 g/mol. The van der Waals surface area contributed by atoms with Gasteiger partial charge in [-0.25, -0.2) is 0 Å². The Bertz CT molecular complexity index is 1170. The SMILES string of the molecule is Cc1ccc(-c2cc(C#N)c(SSc3[nH]c(-c4ccc(C)cc4)cc3C#N)[nH]2)cc1. The molecule has 2 heterocycles. The topological polar surface area (TPSA) is 79.2 Å². The van der Waals surface area contributed by atoms with Gasteiger partial charge in [0.15, 0.2) is 0 Å². The molecule has 6 heteroatoms. The normalized spacial score (nSPS) is 10.5. The van der Waals surface area contributed by atoms with Gasteiger partial charge in [-0.1, -0.05) is 59.7 Å². The Labute approximate surface area is 183 Å². The number of hydrogen-bond acceptors (Lipinski definition) is 4. The first kappa shape index (κ1) is 20.0. The van der Waals surface area contributed by atoms with Crippen molar-refractivity contribution in [2.45, 2.75) is 23.9 Å². The average Bonchev–Trinajstić information content (AvgIpc) is 3.37. The summed E-state index contributed by atoms with van der Waals surface area (Å²) in [7, 11) is 2.88. The number of nitriles is 2. The van der Waals surface area contributed by atoms with Crippen molar-refractivity contribution in [1.29, 1.82) is 10.5 Å². The van der Waals surface area contributed by atoms with Crippen LogP contribution in [0.1, 0.15) is 22.3 Å². The molecule has 0 fully saturated rings. The molecule has 4 aromatic rings. The number of benzene rings is 2. The summed E-state index contributed by atoms with van der Waals surface area (Å²) in [5.41, 5.74) is 7.44. The largest absolute Gasteiger partial charge is 0.348 e. The quantitative estimate of drug-likeness (QED) is 0.343. The van der Waals surface area contributed by atoms with E-state index < -0.39 is 0 Å². The van der Waals surface area contributed by atoms with E-state index in [4.69, 9.17) is 0 Å². The molecule has 0 saturated carbocycles. The summed E-state index contributed by atoms with van der Waals surface area (Å²) in [6.45, 7) is 4.09. The summed E-state index contributed by atoms with van der Waals surface area (Å²) in [4.78, 5) is 6.69. The van der Waals surface area contributed by atoms with Crippen LogP contribution in [0.15, 0.2) is 70.7 Å². The van der Waals surface area contributed by atoms with Gasteiger partial charge in [-0.15, -0.1) is 0 Å². The highest BCUT2D eigenvalue weighted by atomic mass is 33.1. The van der Waals surface area contributed by atoms with Crippen molar-refractivity contribution in [1.82, 2.24) is 9.97 Å². The lowest BCUT2D eigenvalue weighted by atomic mass is 10.1. The van der Waals surface area contributed by atoms with Crippen molar-refractivity contribution in [3.05, 3.63) is 82.9 Å². The molecular formula is C24H18N4S2. The molecule has 146 valence electrons. The summed E-state index contributed by atoms with van der Waals surface area (Å²) in [5, 5.41) is 20.6. The predicted molar refractivity (Wildman–Crippen MR) is 123 cm³/mol. The smallest absolute Gasteiger partial charge is 0.102 e. The summed E-state index contributed by atoms with van der Waals surface area (Å²) in [6, 6.07) is 24.6. The molecule has 0 aliphatic rings. The minimum atomic E-state index is 0.590. The van der Waals surface area contributed by atoms with Gasteiger partial charge in [-0.05, 0) is 58.7 Å². The molecule has 0 aliphatic carbocycles. The number of aryl methyl sites for hydroxylation is 2. The molecule has 0 bridgehead atoms. The second-order valence-electron chi connectivity index (χ2n) is 6.97. The van der Waals surface area contributed by atoms with Gasteiger partial charge < -0.3 is 9.97 Å². The maximum absolute atomic E-state index is 9.54. The zero-order chi connectivity index (χ0) is 21.1. The van der Waals surface area contributed by atoms with E-state index in [2.05, 4.69) is 46.4 Å². The first-order valence-corrected chi connectivity index (χ1v) is 11.5. The highest BCUT2D eigenvalue weighted by Crippen LogP contribution is 2.41. The molecule has 0 radical (unpaired) electrons. The minimum Gasteiger partial charge on any atom is -0.348 e. The van der Waals surface area contributed by atoms with Gasteiger partial charge in [0.2, 0.25) is 0 Å². The summed E-state index contributed by atoms with van der Waals surface area (Å²) in [5.74, 6) is 0. The van der Waals surface area contributed by atoms with Gasteiger partial charge in [0.25, 0.3) is 0 Å². The molecule has 0 spiro atoms. The summed E-state index contributed by atoms with van der Waals surface area (Å²) in [6.07, 6.45) is 0. The van der Waals surface area contributed by atoms with E-state index in [0.717, 1.165) is 32.6 Å². The molecule has 0 aliphatic heterocycles. The molecule has 0 saturated heterocycles. The molecule has 0 unspecified atom stereocenters. The Morgan fingerprint density at radius 3 is 1.33 bits per heavy atom. The number of H-pyrrole nitrogens is 2. The first-order valence-electron chi connectivity index (χ1n) is 9.32. The van der Waals surface area contributed by atoms with Crippen molar-refractivity contribution < 1.29 is 0 Å².